The SMILES string of the molecule is CCCC1CCC(N(C)c2ncnc3nc[nH]c23)CC1. The summed E-state index contributed by atoms with van der Waals surface area (Å²) in [4.78, 5) is 18.3. The van der Waals surface area contributed by atoms with Crippen LogP contribution >= 0.6 is 0 Å². The molecule has 0 spiro atoms. The van der Waals surface area contributed by atoms with E-state index in [1.807, 2.05) is 0 Å². The van der Waals surface area contributed by atoms with Gasteiger partial charge in [-0.05, 0) is 31.6 Å². The fourth-order valence-corrected chi connectivity index (χ4v) is 3.42. The number of rotatable bonds is 4. The number of nitrogens with zero attached hydrogens (tertiary/aromatic N) is 4. The zero-order chi connectivity index (χ0) is 13.9. The minimum atomic E-state index is 0.588. The van der Waals surface area contributed by atoms with Gasteiger partial charge < -0.3 is 9.88 Å². The number of hydrogen-bond donors (Lipinski definition) is 1. The number of aromatic nitrogens is 4. The van der Waals surface area contributed by atoms with E-state index in [1.54, 1.807) is 12.7 Å². The van der Waals surface area contributed by atoms with Crippen molar-refractivity contribution < 1.29 is 0 Å². The van der Waals surface area contributed by atoms with E-state index in [-0.39, 0.29) is 0 Å². The normalized spacial score (nSPS) is 23.1. The number of fused-ring (bicyclic) bond motifs is 1. The van der Waals surface area contributed by atoms with Crippen LogP contribution in [-0.2, 0) is 0 Å². The number of imidazole rings is 1. The van der Waals surface area contributed by atoms with Gasteiger partial charge in [-0.3, -0.25) is 0 Å². The molecule has 0 aliphatic heterocycles. The van der Waals surface area contributed by atoms with Gasteiger partial charge in [-0.15, -0.1) is 0 Å². The average Bonchev–Trinajstić information content (AvgIpc) is 2.96. The second kappa shape index (κ2) is 5.77. The van der Waals surface area contributed by atoms with Crippen molar-refractivity contribution in [3.63, 3.8) is 0 Å². The average molecular weight is 273 g/mol. The van der Waals surface area contributed by atoms with Crippen LogP contribution in [0.4, 0.5) is 5.82 Å². The standard InChI is InChI=1S/C15H23N5/c1-3-4-11-5-7-12(8-6-11)20(2)15-13-14(17-9-16-13)18-10-19-15/h9-12H,3-8H2,1-2H3,(H,16,17,18,19). The first-order chi connectivity index (χ1) is 9.79. The van der Waals surface area contributed by atoms with Gasteiger partial charge >= 0.3 is 0 Å². The summed E-state index contributed by atoms with van der Waals surface area (Å²) < 4.78 is 0. The van der Waals surface area contributed by atoms with Gasteiger partial charge in [0.05, 0.1) is 6.33 Å². The number of anilines is 1. The molecular weight excluding hydrogens is 250 g/mol. The predicted molar refractivity (Wildman–Crippen MR) is 80.7 cm³/mol. The quantitative estimate of drug-likeness (QED) is 0.929. The van der Waals surface area contributed by atoms with Gasteiger partial charge in [-0.1, -0.05) is 19.8 Å². The van der Waals surface area contributed by atoms with Crippen LogP contribution in [0, 0.1) is 5.92 Å². The van der Waals surface area contributed by atoms with E-state index in [2.05, 4.69) is 38.8 Å². The molecule has 0 bridgehead atoms. The van der Waals surface area contributed by atoms with Crippen molar-refractivity contribution in [1.82, 2.24) is 19.9 Å². The molecule has 1 saturated carbocycles. The summed E-state index contributed by atoms with van der Waals surface area (Å²) in [5.41, 5.74) is 1.70. The number of aromatic amines is 1. The highest BCUT2D eigenvalue weighted by Crippen LogP contribution is 2.32. The van der Waals surface area contributed by atoms with Gasteiger partial charge in [0, 0.05) is 13.1 Å². The van der Waals surface area contributed by atoms with Crippen LogP contribution in [-0.4, -0.2) is 33.0 Å². The molecule has 0 radical (unpaired) electrons. The lowest BCUT2D eigenvalue weighted by atomic mass is 9.83. The number of hydrogen-bond acceptors (Lipinski definition) is 4. The largest absolute Gasteiger partial charge is 0.355 e. The summed E-state index contributed by atoms with van der Waals surface area (Å²) in [5.74, 6) is 1.91. The molecule has 2 aromatic heterocycles. The van der Waals surface area contributed by atoms with Crippen LogP contribution in [0.15, 0.2) is 12.7 Å². The highest BCUT2D eigenvalue weighted by Gasteiger charge is 2.25. The van der Waals surface area contributed by atoms with Crippen LogP contribution in [0.25, 0.3) is 11.2 Å². The van der Waals surface area contributed by atoms with Gasteiger partial charge in [0.25, 0.3) is 0 Å². The van der Waals surface area contributed by atoms with E-state index in [1.165, 1.54) is 38.5 Å². The van der Waals surface area contributed by atoms with Gasteiger partial charge in [0.2, 0.25) is 0 Å². The monoisotopic (exact) mass is 273 g/mol. The Hall–Kier alpha value is -1.65. The Labute approximate surface area is 119 Å². The number of nitrogens with one attached hydrogen (secondary N) is 1. The lowest BCUT2D eigenvalue weighted by Crippen LogP contribution is -2.35. The highest BCUT2D eigenvalue weighted by molar-refractivity contribution is 5.82. The molecule has 0 saturated heterocycles. The van der Waals surface area contributed by atoms with Crippen molar-refractivity contribution >= 4 is 17.0 Å². The van der Waals surface area contributed by atoms with Crippen molar-refractivity contribution in [1.29, 1.82) is 0 Å². The third kappa shape index (κ3) is 2.49. The number of H-pyrrole nitrogens is 1. The van der Waals surface area contributed by atoms with Crippen LogP contribution in [0.5, 0.6) is 0 Å². The van der Waals surface area contributed by atoms with Gasteiger partial charge in [0.1, 0.15) is 11.8 Å². The van der Waals surface area contributed by atoms with E-state index >= 15 is 0 Å². The van der Waals surface area contributed by atoms with E-state index in [4.69, 9.17) is 0 Å². The minimum Gasteiger partial charge on any atom is -0.355 e. The van der Waals surface area contributed by atoms with Crippen molar-refractivity contribution in [2.24, 2.45) is 5.92 Å². The Kier molecular flexibility index (Phi) is 3.85. The van der Waals surface area contributed by atoms with E-state index in [0.29, 0.717) is 6.04 Å². The lowest BCUT2D eigenvalue weighted by Gasteiger charge is -2.35. The Morgan fingerprint density at radius 2 is 2.00 bits per heavy atom. The zero-order valence-electron chi connectivity index (χ0n) is 12.3. The summed E-state index contributed by atoms with van der Waals surface area (Å²) in [6, 6.07) is 0.588. The van der Waals surface area contributed by atoms with Crippen molar-refractivity contribution in [3.8, 4) is 0 Å². The molecule has 0 unspecified atom stereocenters. The van der Waals surface area contributed by atoms with E-state index in [0.717, 1.165) is 22.9 Å². The van der Waals surface area contributed by atoms with Crippen LogP contribution in [0.3, 0.4) is 0 Å². The first kappa shape index (κ1) is 13.3. The molecule has 1 aliphatic rings. The summed E-state index contributed by atoms with van der Waals surface area (Å²) in [7, 11) is 2.15. The Balaban J connectivity index is 1.73. The molecule has 5 heteroatoms. The Morgan fingerprint density at radius 1 is 1.20 bits per heavy atom. The molecule has 108 valence electrons. The fourth-order valence-electron chi connectivity index (χ4n) is 3.42. The molecule has 1 aliphatic carbocycles. The molecule has 0 aromatic carbocycles. The Bertz CT molecular complexity index is 556. The van der Waals surface area contributed by atoms with Crippen LogP contribution in [0.2, 0.25) is 0 Å². The molecule has 20 heavy (non-hydrogen) atoms. The molecule has 3 rings (SSSR count). The van der Waals surface area contributed by atoms with Crippen molar-refractivity contribution in [2.45, 2.75) is 51.5 Å². The fraction of sp³-hybridized carbons (Fsp3) is 0.667. The van der Waals surface area contributed by atoms with E-state index in [9.17, 15) is 0 Å². The first-order valence-corrected chi connectivity index (χ1v) is 7.66. The third-order valence-corrected chi connectivity index (χ3v) is 4.60. The molecule has 2 heterocycles. The summed E-state index contributed by atoms with van der Waals surface area (Å²) in [6.07, 6.45) is 11.2. The second-order valence-corrected chi connectivity index (χ2v) is 5.87. The molecule has 1 fully saturated rings. The summed E-state index contributed by atoms with van der Waals surface area (Å²) in [5, 5.41) is 0. The van der Waals surface area contributed by atoms with Crippen molar-refractivity contribution in [2.75, 3.05) is 11.9 Å². The molecule has 0 amide bonds. The Morgan fingerprint density at radius 3 is 2.75 bits per heavy atom. The van der Waals surface area contributed by atoms with Gasteiger partial charge in [-0.2, -0.15) is 0 Å². The molecule has 0 atom stereocenters. The smallest absolute Gasteiger partial charge is 0.182 e. The lowest BCUT2D eigenvalue weighted by molar-refractivity contribution is 0.303. The third-order valence-electron chi connectivity index (χ3n) is 4.60. The van der Waals surface area contributed by atoms with Gasteiger partial charge in [-0.25, -0.2) is 15.0 Å². The molecule has 1 N–H and O–H groups in total. The maximum Gasteiger partial charge on any atom is 0.182 e. The first-order valence-electron chi connectivity index (χ1n) is 7.66. The maximum atomic E-state index is 4.45. The second-order valence-electron chi connectivity index (χ2n) is 5.87. The van der Waals surface area contributed by atoms with Crippen LogP contribution < -0.4 is 4.90 Å². The van der Waals surface area contributed by atoms with Crippen molar-refractivity contribution in [3.05, 3.63) is 12.7 Å². The summed E-state index contributed by atoms with van der Waals surface area (Å²) >= 11 is 0. The van der Waals surface area contributed by atoms with Gasteiger partial charge in [0.15, 0.2) is 11.5 Å². The van der Waals surface area contributed by atoms with Crippen LogP contribution in [0.1, 0.15) is 45.4 Å². The minimum absolute atomic E-state index is 0.588. The molecular formula is C15H23N5. The topological polar surface area (TPSA) is 57.7 Å². The molecule has 2 aromatic rings. The highest BCUT2D eigenvalue weighted by atomic mass is 15.2. The predicted octanol–water partition coefficient (Wildman–Crippen LogP) is 3.15. The zero-order valence-corrected chi connectivity index (χ0v) is 12.3. The maximum absolute atomic E-state index is 4.45. The van der Waals surface area contributed by atoms with E-state index < -0.39 is 0 Å². The molecule has 5 nitrogen and oxygen atoms in total. The summed E-state index contributed by atoms with van der Waals surface area (Å²) in [6.45, 7) is 2.29.